The van der Waals surface area contributed by atoms with E-state index in [1.807, 2.05) is 24.3 Å². The average Bonchev–Trinajstić information content (AvgIpc) is 3.07. The van der Waals surface area contributed by atoms with Gasteiger partial charge in [-0.2, -0.15) is 9.61 Å². The summed E-state index contributed by atoms with van der Waals surface area (Å²) in [4.78, 5) is 19.8. The van der Waals surface area contributed by atoms with Crippen molar-refractivity contribution in [3.05, 3.63) is 40.7 Å². The Balaban J connectivity index is 1.74. The Morgan fingerprint density at radius 2 is 1.96 bits per heavy atom. The lowest BCUT2D eigenvalue weighted by Gasteiger charge is -2.27. The van der Waals surface area contributed by atoms with E-state index in [1.165, 1.54) is 15.9 Å². The molecule has 8 heteroatoms. The first-order valence-corrected chi connectivity index (χ1v) is 8.57. The summed E-state index contributed by atoms with van der Waals surface area (Å²) in [6.07, 6.45) is 0. The number of piperazine rings is 1. The van der Waals surface area contributed by atoms with Gasteiger partial charge in [-0.3, -0.25) is 4.79 Å². The number of anilines is 1. The van der Waals surface area contributed by atoms with Crippen LogP contribution in [0.2, 0.25) is 0 Å². The van der Waals surface area contributed by atoms with Crippen LogP contribution in [0.15, 0.2) is 35.1 Å². The lowest BCUT2D eigenvalue weighted by atomic mass is 10.2. The van der Waals surface area contributed by atoms with Gasteiger partial charge in [0.25, 0.3) is 5.56 Å². The summed E-state index contributed by atoms with van der Waals surface area (Å²) in [5, 5.41) is 8.47. The van der Waals surface area contributed by atoms with Crippen molar-refractivity contribution >= 4 is 22.1 Å². The van der Waals surface area contributed by atoms with E-state index in [1.54, 1.807) is 13.2 Å². The minimum atomic E-state index is -0.149. The number of nitrogens with zero attached hydrogens (tertiary/aromatic N) is 4. The molecule has 1 aliphatic rings. The summed E-state index contributed by atoms with van der Waals surface area (Å²) in [6.45, 7) is 3.52. The van der Waals surface area contributed by atoms with Crippen LogP contribution in [0.4, 0.5) is 5.82 Å². The first kappa shape index (κ1) is 15.1. The lowest BCUT2D eigenvalue weighted by molar-refractivity contribution is 0.415. The molecule has 0 saturated carbocycles. The molecule has 0 spiro atoms. The average molecular weight is 343 g/mol. The van der Waals surface area contributed by atoms with Gasteiger partial charge in [-0.05, 0) is 24.3 Å². The molecule has 0 atom stereocenters. The highest BCUT2D eigenvalue weighted by Gasteiger charge is 2.16. The van der Waals surface area contributed by atoms with Crippen LogP contribution < -0.4 is 20.5 Å². The van der Waals surface area contributed by atoms with Crippen molar-refractivity contribution in [3.63, 3.8) is 0 Å². The number of methoxy groups -OCH3 is 1. The molecule has 7 nitrogen and oxygen atoms in total. The molecule has 1 aliphatic heterocycles. The third-order valence-electron chi connectivity index (χ3n) is 4.01. The zero-order valence-corrected chi connectivity index (χ0v) is 14.0. The Kier molecular flexibility index (Phi) is 3.91. The van der Waals surface area contributed by atoms with Crippen LogP contribution in [0.5, 0.6) is 5.75 Å². The Hall–Kier alpha value is -2.45. The SMILES string of the molecule is COc1ccc(-c2nn3c(=O)cc(N4CCNCC4)nc3s2)cc1. The number of nitrogens with one attached hydrogen (secondary N) is 1. The summed E-state index contributed by atoms with van der Waals surface area (Å²) in [6, 6.07) is 9.18. The maximum atomic E-state index is 12.4. The molecule has 1 N–H and O–H groups in total. The molecule has 3 heterocycles. The molecule has 4 rings (SSSR count). The van der Waals surface area contributed by atoms with Gasteiger partial charge in [0.1, 0.15) is 16.6 Å². The third kappa shape index (κ3) is 2.74. The van der Waals surface area contributed by atoms with Gasteiger partial charge in [-0.25, -0.2) is 4.98 Å². The van der Waals surface area contributed by atoms with Crippen LogP contribution in [0.1, 0.15) is 0 Å². The fourth-order valence-electron chi connectivity index (χ4n) is 2.71. The lowest BCUT2D eigenvalue weighted by Crippen LogP contribution is -2.44. The summed E-state index contributed by atoms with van der Waals surface area (Å²) in [5.74, 6) is 1.52. The quantitative estimate of drug-likeness (QED) is 0.771. The van der Waals surface area contributed by atoms with Gasteiger partial charge in [0.15, 0.2) is 0 Å². The van der Waals surface area contributed by atoms with E-state index < -0.39 is 0 Å². The van der Waals surface area contributed by atoms with E-state index >= 15 is 0 Å². The molecular weight excluding hydrogens is 326 g/mol. The Labute approximate surface area is 142 Å². The fourth-order valence-corrected chi connectivity index (χ4v) is 3.61. The first-order chi connectivity index (χ1) is 11.7. The molecule has 2 aromatic heterocycles. The number of benzene rings is 1. The molecule has 24 heavy (non-hydrogen) atoms. The summed E-state index contributed by atoms with van der Waals surface area (Å²) < 4.78 is 6.54. The monoisotopic (exact) mass is 343 g/mol. The Morgan fingerprint density at radius 3 is 2.67 bits per heavy atom. The smallest absolute Gasteiger partial charge is 0.277 e. The first-order valence-electron chi connectivity index (χ1n) is 7.75. The van der Waals surface area contributed by atoms with Crippen molar-refractivity contribution in [2.45, 2.75) is 0 Å². The molecule has 3 aromatic rings. The van der Waals surface area contributed by atoms with Crippen molar-refractivity contribution in [1.29, 1.82) is 0 Å². The van der Waals surface area contributed by atoms with E-state index in [-0.39, 0.29) is 5.56 Å². The van der Waals surface area contributed by atoms with Crippen molar-refractivity contribution in [1.82, 2.24) is 19.9 Å². The van der Waals surface area contributed by atoms with E-state index in [2.05, 4.69) is 20.3 Å². The number of hydrogen-bond donors (Lipinski definition) is 1. The molecule has 0 amide bonds. The zero-order valence-electron chi connectivity index (χ0n) is 13.2. The van der Waals surface area contributed by atoms with Crippen molar-refractivity contribution < 1.29 is 4.74 Å². The predicted molar refractivity (Wildman–Crippen MR) is 94.2 cm³/mol. The van der Waals surface area contributed by atoms with E-state index in [9.17, 15) is 4.79 Å². The second kappa shape index (κ2) is 6.21. The van der Waals surface area contributed by atoms with Crippen molar-refractivity contribution in [2.75, 3.05) is 38.2 Å². The minimum absolute atomic E-state index is 0.149. The van der Waals surface area contributed by atoms with E-state index in [4.69, 9.17) is 4.74 Å². The number of fused-ring (bicyclic) bond motifs is 1. The maximum absolute atomic E-state index is 12.4. The normalized spacial score (nSPS) is 15.0. The van der Waals surface area contributed by atoms with Gasteiger partial charge in [-0.15, -0.1) is 0 Å². The van der Waals surface area contributed by atoms with Crippen LogP contribution in [0, 0.1) is 0 Å². The molecule has 0 aliphatic carbocycles. The standard InChI is InChI=1S/C16H17N5O2S/c1-23-12-4-2-11(3-5-12)15-19-21-14(22)10-13(18-16(21)24-15)20-8-6-17-7-9-20/h2-5,10,17H,6-9H2,1H3. The van der Waals surface area contributed by atoms with Crippen LogP contribution in [-0.4, -0.2) is 47.9 Å². The summed E-state index contributed by atoms with van der Waals surface area (Å²) in [7, 11) is 1.63. The predicted octanol–water partition coefficient (Wildman–Crippen LogP) is 1.24. The number of rotatable bonds is 3. The Morgan fingerprint density at radius 1 is 1.21 bits per heavy atom. The highest BCUT2D eigenvalue weighted by molar-refractivity contribution is 7.19. The van der Waals surface area contributed by atoms with Crippen molar-refractivity contribution in [2.24, 2.45) is 0 Å². The molecule has 1 fully saturated rings. The van der Waals surface area contributed by atoms with Crippen LogP contribution >= 0.6 is 11.3 Å². The molecule has 1 saturated heterocycles. The molecular formula is C16H17N5O2S. The van der Waals surface area contributed by atoms with Gasteiger partial charge in [0, 0.05) is 37.8 Å². The van der Waals surface area contributed by atoms with Gasteiger partial charge >= 0.3 is 0 Å². The Bertz CT molecular complexity index is 912. The maximum Gasteiger partial charge on any atom is 0.277 e. The van der Waals surface area contributed by atoms with E-state index in [0.29, 0.717) is 4.96 Å². The van der Waals surface area contributed by atoms with E-state index in [0.717, 1.165) is 48.3 Å². The van der Waals surface area contributed by atoms with Crippen LogP contribution in [0.25, 0.3) is 15.5 Å². The zero-order chi connectivity index (χ0) is 16.5. The van der Waals surface area contributed by atoms with Gasteiger partial charge in [-0.1, -0.05) is 11.3 Å². The highest BCUT2D eigenvalue weighted by atomic mass is 32.1. The number of ether oxygens (including phenoxy) is 1. The third-order valence-corrected chi connectivity index (χ3v) is 4.97. The summed E-state index contributed by atoms with van der Waals surface area (Å²) in [5.41, 5.74) is 0.791. The second-order valence-corrected chi connectivity index (χ2v) is 6.48. The van der Waals surface area contributed by atoms with Gasteiger partial charge in [0.2, 0.25) is 4.96 Å². The van der Waals surface area contributed by atoms with Crippen molar-refractivity contribution in [3.8, 4) is 16.3 Å². The number of aromatic nitrogens is 3. The molecule has 0 radical (unpaired) electrons. The molecule has 0 bridgehead atoms. The second-order valence-electron chi connectivity index (χ2n) is 5.52. The van der Waals surface area contributed by atoms with Gasteiger partial charge in [0.05, 0.1) is 7.11 Å². The van der Waals surface area contributed by atoms with Crippen LogP contribution in [0.3, 0.4) is 0 Å². The summed E-state index contributed by atoms with van der Waals surface area (Å²) >= 11 is 1.41. The number of hydrogen-bond acceptors (Lipinski definition) is 7. The highest BCUT2D eigenvalue weighted by Crippen LogP contribution is 2.26. The largest absolute Gasteiger partial charge is 0.497 e. The molecule has 0 unspecified atom stereocenters. The van der Waals surface area contributed by atoms with Crippen LogP contribution in [-0.2, 0) is 0 Å². The topological polar surface area (TPSA) is 71.8 Å². The molecule has 1 aromatic carbocycles. The minimum Gasteiger partial charge on any atom is -0.497 e. The molecule has 124 valence electrons. The fraction of sp³-hybridized carbons (Fsp3) is 0.312. The van der Waals surface area contributed by atoms with Gasteiger partial charge < -0.3 is 15.0 Å².